The van der Waals surface area contributed by atoms with Crippen molar-refractivity contribution in [1.29, 1.82) is 5.26 Å². The molecule has 0 aliphatic carbocycles. The van der Waals surface area contributed by atoms with Crippen LogP contribution in [0.5, 0.6) is 5.75 Å². The predicted octanol–water partition coefficient (Wildman–Crippen LogP) is 2.76. The Morgan fingerprint density at radius 1 is 1.16 bits per heavy atom. The zero-order valence-corrected chi connectivity index (χ0v) is 11.2. The summed E-state index contributed by atoms with van der Waals surface area (Å²) in [5.41, 5.74) is 2.91. The second-order valence-electron chi connectivity index (χ2n) is 4.36. The summed E-state index contributed by atoms with van der Waals surface area (Å²) in [6.45, 7) is 3.94. The van der Waals surface area contributed by atoms with Crippen molar-refractivity contribution in [3.05, 3.63) is 53.1 Å². The van der Waals surface area contributed by atoms with Crippen LogP contribution in [0.1, 0.15) is 28.4 Å². The molecule has 0 bridgehead atoms. The van der Waals surface area contributed by atoms with Crippen molar-refractivity contribution in [2.45, 2.75) is 19.8 Å². The summed E-state index contributed by atoms with van der Waals surface area (Å²) in [4.78, 5) is 8.33. The number of nitriles is 1. The molecule has 1 atom stereocenters. The highest BCUT2D eigenvalue weighted by molar-refractivity contribution is 5.46. The second-order valence-corrected chi connectivity index (χ2v) is 4.36. The molecular weight excluding hydrogens is 238 g/mol. The fourth-order valence-electron chi connectivity index (χ4n) is 2.21. The summed E-state index contributed by atoms with van der Waals surface area (Å²) in [6.07, 6.45) is 3.30. The lowest BCUT2D eigenvalue weighted by Gasteiger charge is -2.13. The van der Waals surface area contributed by atoms with E-state index in [4.69, 9.17) is 4.74 Å². The van der Waals surface area contributed by atoms with Gasteiger partial charge in [-0.1, -0.05) is 12.1 Å². The van der Waals surface area contributed by atoms with Crippen LogP contribution in [0.15, 0.2) is 30.6 Å². The zero-order valence-electron chi connectivity index (χ0n) is 11.2. The summed E-state index contributed by atoms with van der Waals surface area (Å²) in [5.74, 6) is 0.924. The number of ether oxygens (including phenoxy) is 1. The largest absolute Gasteiger partial charge is 0.496 e. The van der Waals surface area contributed by atoms with E-state index < -0.39 is 5.92 Å². The molecule has 1 aromatic heterocycles. The molecule has 4 nitrogen and oxygen atoms in total. The minimum atomic E-state index is -0.454. The number of aromatic nitrogens is 2. The van der Waals surface area contributed by atoms with Crippen molar-refractivity contribution in [3.63, 3.8) is 0 Å². The van der Waals surface area contributed by atoms with Gasteiger partial charge in [-0.05, 0) is 36.6 Å². The number of benzene rings is 1. The van der Waals surface area contributed by atoms with Crippen LogP contribution in [-0.2, 0) is 0 Å². The number of hydrogen-bond donors (Lipinski definition) is 0. The van der Waals surface area contributed by atoms with Crippen LogP contribution < -0.4 is 4.74 Å². The van der Waals surface area contributed by atoms with E-state index in [0.717, 1.165) is 22.4 Å². The standard InChI is InChI=1S/C15H15N3O/c1-10-7-12(8-11(2)14(10)19-3)13(9-16)15-17-5-4-6-18-15/h4-8,13H,1-3H3. The Kier molecular flexibility index (Phi) is 3.76. The molecule has 1 heterocycles. The summed E-state index contributed by atoms with van der Waals surface area (Å²) in [7, 11) is 1.65. The van der Waals surface area contributed by atoms with E-state index in [1.165, 1.54) is 0 Å². The Balaban J connectivity index is 2.49. The lowest BCUT2D eigenvalue weighted by Crippen LogP contribution is -2.05. The molecule has 0 aliphatic heterocycles. The Hall–Kier alpha value is -2.41. The highest BCUT2D eigenvalue weighted by Crippen LogP contribution is 2.29. The van der Waals surface area contributed by atoms with Gasteiger partial charge in [0.1, 0.15) is 17.5 Å². The average Bonchev–Trinajstić information content (AvgIpc) is 2.40. The predicted molar refractivity (Wildman–Crippen MR) is 72.0 cm³/mol. The lowest BCUT2D eigenvalue weighted by atomic mass is 9.95. The molecule has 2 rings (SSSR count). The van der Waals surface area contributed by atoms with Crippen molar-refractivity contribution in [3.8, 4) is 11.8 Å². The van der Waals surface area contributed by atoms with E-state index in [0.29, 0.717) is 5.82 Å². The monoisotopic (exact) mass is 253 g/mol. The van der Waals surface area contributed by atoms with Crippen LogP contribution in [0.3, 0.4) is 0 Å². The van der Waals surface area contributed by atoms with Gasteiger partial charge in [-0.25, -0.2) is 9.97 Å². The molecule has 4 heteroatoms. The first-order chi connectivity index (χ1) is 9.17. The fourth-order valence-corrected chi connectivity index (χ4v) is 2.21. The SMILES string of the molecule is COc1c(C)cc(C(C#N)c2ncccn2)cc1C. The molecule has 0 saturated carbocycles. The maximum Gasteiger partial charge on any atom is 0.149 e. The topological polar surface area (TPSA) is 58.8 Å². The number of rotatable bonds is 3. The van der Waals surface area contributed by atoms with Crippen molar-refractivity contribution in [2.24, 2.45) is 0 Å². The maximum atomic E-state index is 9.38. The lowest BCUT2D eigenvalue weighted by molar-refractivity contribution is 0.408. The third kappa shape index (κ3) is 2.55. The Morgan fingerprint density at radius 2 is 1.74 bits per heavy atom. The first kappa shape index (κ1) is 13.0. The molecule has 0 amide bonds. The molecule has 1 unspecified atom stereocenters. The van der Waals surface area contributed by atoms with E-state index in [1.807, 2.05) is 26.0 Å². The molecule has 0 N–H and O–H groups in total. The van der Waals surface area contributed by atoms with Crippen molar-refractivity contribution in [1.82, 2.24) is 9.97 Å². The van der Waals surface area contributed by atoms with Gasteiger partial charge in [0.05, 0.1) is 13.2 Å². The van der Waals surface area contributed by atoms with Crippen molar-refractivity contribution in [2.75, 3.05) is 7.11 Å². The van der Waals surface area contributed by atoms with Gasteiger partial charge >= 0.3 is 0 Å². The normalized spacial score (nSPS) is 11.7. The minimum absolute atomic E-state index is 0.454. The maximum absolute atomic E-state index is 9.38. The van der Waals surface area contributed by atoms with E-state index in [9.17, 15) is 5.26 Å². The summed E-state index contributed by atoms with van der Waals surface area (Å²) in [6, 6.07) is 7.91. The third-order valence-electron chi connectivity index (χ3n) is 2.99. The van der Waals surface area contributed by atoms with Crippen LogP contribution in [-0.4, -0.2) is 17.1 Å². The van der Waals surface area contributed by atoms with E-state index in [2.05, 4.69) is 16.0 Å². The third-order valence-corrected chi connectivity index (χ3v) is 2.99. The first-order valence-corrected chi connectivity index (χ1v) is 5.99. The van der Waals surface area contributed by atoms with Gasteiger partial charge in [0.2, 0.25) is 0 Å². The second kappa shape index (κ2) is 5.49. The molecule has 0 aliphatic rings. The van der Waals surface area contributed by atoms with Crippen LogP contribution in [0.2, 0.25) is 0 Å². The molecule has 96 valence electrons. The molecule has 19 heavy (non-hydrogen) atoms. The summed E-state index contributed by atoms with van der Waals surface area (Å²) >= 11 is 0. The van der Waals surface area contributed by atoms with Gasteiger partial charge in [-0.2, -0.15) is 5.26 Å². The molecule has 0 radical (unpaired) electrons. The van der Waals surface area contributed by atoms with Gasteiger partial charge in [-0.15, -0.1) is 0 Å². The van der Waals surface area contributed by atoms with E-state index >= 15 is 0 Å². The number of methoxy groups -OCH3 is 1. The average molecular weight is 253 g/mol. The molecule has 2 aromatic rings. The van der Waals surface area contributed by atoms with Crippen LogP contribution in [0, 0.1) is 25.2 Å². The Morgan fingerprint density at radius 3 is 2.21 bits per heavy atom. The Labute approximate surface area is 112 Å². The van der Waals surface area contributed by atoms with E-state index in [1.54, 1.807) is 25.6 Å². The van der Waals surface area contributed by atoms with E-state index in [-0.39, 0.29) is 0 Å². The minimum Gasteiger partial charge on any atom is -0.496 e. The number of hydrogen-bond acceptors (Lipinski definition) is 4. The number of aryl methyl sites for hydroxylation is 2. The van der Waals surface area contributed by atoms with Gasteiger partial charge in [0.25, 0.3) is 0 Å². The van der Waals surface area contributed by atoms with Gasteiger partial charge < -0.3 is 4.74 Å². The molecule has 0 saturated heterocycles. The quantitative estimate of drug-likeness (QED) is 0.844. The Bertz CT molecular complexity index is 594. The number of nitrogens with zero attached hydrogens (tertiary/aromatic N) is 3. The summed E-state index contributed by atoms with van der Waals surface area (Å²) in [5, 5.41) is 9.38. The summed E-state index contributed by atoms with van der Waals surface area (Å²) < 4.78 is 5.34. The smallest absolute Gasteiger partial charge is 0.149 e. The van der Waals surface area contributed by atoms with Gasteiger partial charge in [0, 0.05) is 12.4 Å². The molecule has 0 fully saturated rings. The molecular formula is C15H15N3O. The first-order valence-electron chi connectivity index (χ1n) is 5.99. The fraction of sp³-hybridized carbons (Fsp3) is 0.267. The van der Waals surface area contributed by atoms with Crippen LogP contribution in [0.4, 0.5) is 0 Å². The van der Waals surface area contributed by atoms with Crippen molar-refractivity contribution >= 4 is 0 Å². The van der Waals surface area contributed by atoms with Gasteiger partial charge in [-0.3, -0.25) is 0 Å². The molecule has 0 spiro atoms. The highest BCUT2D eigenvalue weighted by Gasteiger charge is 2.18. The molecule has 1 aromatic carbocycles. The van der Waals surface area contributed by atoms with Crippen LogP contribution >= 0.6 is 0 Å². The zero-order chi connectivity index (χ0) is 13.8. The van der Waals surface area contributed by atoms with Crippen molar-refractivity contribution < 1.29 is 4.74 Å². The highest BCUT2D eigenvalue weighted by atomic mass is 16.5. The van der Waals surface area contributed by atoms with Crippen LogP contribution in [0.25, 0.3) is 0 Å². The van der Waals surface area contributed by atoms with Gasteiger partial charge in [0.15, 0.2) is 0 Å².